The molecule has 0 amide bonds. The topological polar surface area (TPSA) is 43.1 Å². The fraction of sp³-hybridized carbons (Fsp3) is 0.909. The normalized spacial score (nSPS) is 27.2. The average Bonchev–Trinajstić information content (AvgIpc) is 2.86. The number of carbonyl (C=O) groups excluding carboxylic acids is 1. The van der Waals surface area contributed by atoms with E-state index >= 15 is 0 Å². The third-order valence-electron chi connectivity index (χ3n) is 3.41. The number of ketones is 1. The Balaban J connectivity index is 1.86. The van der Waals surface area contributed by atoms with E-state index in [2.05, 4.69) is 0 Å². The number of carbonyl (C=O) groups is 1. The second kappa shape index (κ2) is 3.41. The Morgan fingerprint density at radius 2 is 1.85 bits per heavy atom. The molecule has 2 fully saturated rings. The van der Waals surface area contributed by atoms with E-state index in [0.717, 1.165) is 25.7 Å². The van der Waals surface area contributed by atoms with Crippen LogP contribution >= 0.6 is 0 Å². The monoisotopic (exact) mass is 181 g/mol. The van der Waals surface area contributed by atoms with Crippen molar-refractivity contribution in [2.75, 3.05) is 0 Å². The van der Waals surface area contributed by atoms with Crippen LogP contribution in [0.2, 0.25) is 0 Å². The molecule has 0 radical (unpaired) electrons. The molecular weight excluding hydrogens is 162 g/mol. The molecule has 13 heavy (non-hydrogen) atoms. The molecule has 2 nitrogen and oxygen atoms in total. The number of rotatable bonds is 3. The fourth-order valence-electron chi connectivity index (χ4n) is 2.33. The van der Waals surface area contributed by atoms with Gasteiger partial charge < -0.3 is 5.73 Å². The second-order valence-electron chi connectivity index (χ2n) is 4.84. The maximum absolute atomic E-state index is 11.6. The Hall–Kier alpha value is -0.370. The van der Waals surface area contributed by atoms with Gasteiger partial charge in [0.1, 0.15) is 5.78 Å². The minimum Gasteiger partial charge on any atom is -0.325 e. The summed E-state index contributed by atoms with van der Waals surface area (Å²) < 4.78 is 0. The molecule has 2 heteroatoms. The van der Waals surface area contributed by atoms with Gasteiger partial charge in [-0.1, -0.05) is 19.3 Å². The number of nitrogens with two attached hydrogens (primary N) is 1. The summed E-state index contributed by atoms with van der Waals surface area (Å²) in [7, 11) is 0. The number of Topliss-reactive ketones (excluding diaryl/α,β-unsaturated/α-hetero) is 1. The third kappa shape index (κ3) is 2.31. The summed E-state index contributed by atoms with van der Waals surface area (Å²) >= 11 is 0. The Kier molecular flexibility index (Phi) is 2.41. The molecule has 74 valence electrons. The van der Waals surface area contributed by atoms with E-state index in [4.69, 9.17) is 5.73 Å². The standard InChI is InChI=1S/C11H19NO/c12-11(6-2-1-3-7-11)8-10(13)9-4-5-9/h9H,1-8,12H2. The van der Waals surface area contributed by atoms with Crippen molar-refractivity contribution in [2.24, 2.45) is 11.7 Å². The van der Waals surface area contributed by atoms with Gasteiger partial charge >= 0.3 is 0 Å². The molecule has 2 aliphatic rings. The van der Waals surface area contributed by atoms with E-state index < -0.39 is 0 Å². The molecule has 0 aliphatic heterocycles. The van der Waals surface area contributed by atoms with Gasteiger partial charge in [0, 0.05) is 17.9 Å². The molecular formula is C11H19NO. The van der Waals surface area contributed by atoms with E-state index in [1.807, 2.05) is 0 Å². The lowest BCUT2D eigenvalue weighted by Gasteiger charge is -2.32. The largest absolute Gasteiger partial charge is 0.325 e. The van der Waals surface area contributed by atoms with Gasteiger partial charge in [0.15, 0.2) is 0 Å². The second-order valence-corrected chi connectivity index (χ2v) is 4.84. The first kappa shape index (κ1) is 9.20. The summed E-state index contributed by atoms with van der Waals surface area (Å²) in [5, 5.41) is 0. The lowest BCUT2D eigenvalue weighted by atomic mass is 9.78. The van der Waals surface area contributed by atoms with Crippen molar-refractivity contribution >= 4 is 5.78 Å². The lowest BCUT2D eigenvalue weighted by Crippen LogP contribution is -2.43. The molecule has 0 bridgehead atoms. The van der Waals surface area contributed by atoms with E-state index in [9.17, 15) is 4.79 Å². The zero-order valence-electron chi connectivity index (χ0n) is 8.22. The van der Waals surface area contributed by atoms with E-state index in [1.165, 1.54) is 19.3 Å². The van der Waals surface area contributed by atoms with Gasteiger partial charge in [0.2, 0.25) is 0 Å². The first-order chi connectivity index (χ1) is 6.20. The van der Waals surface area contributed by atoms with Gasteiger partial charge in [-0.05, 0) is 25.7 Å². The smallest absolute Gasteiger partial charge is 0.137 e. The molecule has 0 aromatic carbocycles. The van der Waals surface area contributed by atoms with E-state index in [0.29, 0.717) is 18.1 Å². The molecule has 2 N–H and O–H groups in total. The van der Waals surface area contributed by atoms with Crippen LogP contribution in [0.1, 0.15) is 51.4 Å². The molecule has 0 saturated heterocycles. The van der Waals surface area contributed by atoms with Crippen LogP contribution in [0.4, 0.5) is 0 Å². The Morgan fingerprint density at radius 1 is 1.23 bits per heavy atom. The zero-order valence-corrected chi connectivity index (χ0v) is 8.22. The molecule has 0 aromatic rings. The molecule has 2 rings (SSSR count). The highest BCUT2D eigenvalue weighted by molar-refractivity contribution is 5.84. The van der Waals surface area contributed by atoms with Crippen LogP contribution in [0.3, 0.4) is 0 Å². The fourth-order valence-corrected chi connectivity index (χ4v) is 2.33. The van der Waals surface area contributed by atoms with Crippen molar-refractivity contribution in [3.8, 4) is 0 Å². The molecule has 0 heterocycles. The van der Waals surface area contributed by atoms with Crippen LogP contribution in [0.15, 0.2) is 0 Å². The van der Waals surface area contributed by atoms with Gasteiger partial charge in [-0.25, -0.2) is 0 Å². The summed E-state index contributed by atoms with van der Waals surface area (Å²) in [4.78, 5) is 11.6. The maximum atomic E-state index is 11.6. The zero-order chi connectivity index (χ0) is 9.31. The van der Waals surface area contributed by atoms with Gasteiger partial charge in [0.05, 0.1) is 0 Å². The van der Waals surface area contributed by atoms with E-state index in [-0.39, 0.29) is 5.54 Å². The number of hydrogen-bond acceptors (Lipinski definition) is 2. The maximum Gasteiger partial charge on any atom is 0.137 e. The first-order valence-electron chi connectivity index (χ1n) is 5.51. The van der Waals surface area contributed by atoms with Gasteiger partial charge in [-0.15, -0.1) is 0 Å². The predicted octanol–water partition coefficient (Wildman–Crippen LogP) is 2.02. The Labute approximate surface area is 79.9 Å². The quantitative estimate of drug-likeness (QED) is 0.723. The Bertz CT molecular complexity index is 202. The van der Waals surface area contributed by atoms with Crippen molar-refractivity contribution in [1.82, 2.24) is 0 Å². The lowest BCUT2D eigenvalue weighted by molar-refractivity contribution is -0.121. The van der Waals surface area contributed by atoms with Gasteiger partial charge in [-0.2, -0.15) is 0 Å². The Morgan fingerprint density at radius 3 is 2.38 bits per heavy atom. The molecule has 0 spiro atoms. The van der Waals surface area contributed by atoms with Gasteiger partial charge in [0.25, 0.3) is 0 Å². The number of hydrogen-bond donors (Lipinski definition) is 1. The van der Waals surface area contributed by atoms with Crippen molar-refractivity contribution in [1.29, 1.82) is 0 Å². The average molecular weight is 181 g/mol. The van der Waals surface area contributed by atoms with Crippen LogP contribution in [-0.4, -0.2) is 11.3 Å². The van der Waals surface area contributed by atoms with Crippen LogP contribution < -0.4 is 5.73 Å². The minimum atomic E-state index is -0.127. The summed E-state index contributed by atoms with van der Waals surface area (Å²) in [5.41, 5.74) is 6.08. The summed E-state index contributed by atoms with van der Waals surface area (Å²) in [5.74, 6) is 0.826. The summed E-state index contributed by atoms with van der Waals surface area (Å²) in [6.45, 7) is 0. The molecule has 0 aromatic heterocycles. The third-order valence-corrected chi connectivity index (χ3v) is 3.41. The highest BCUT2D eigenvalue weighted by Crippen LogP contribution is 2.35. The van der Waals surface area contributed by atoms with Crippen LogP contribution in [0, 0.1) is 5.92 Å². The van der Waals surface area contributed by atoms with Crippen molar-refractivity contribution in [3.05, 3.63) is 0 Å². The highest BCUT2D eigenvalue weighted by Gasteiger charge is 2.36. The van der Waals surface area contributed by atoms with E-state index in [1.54, 1.807) is 0 Å². The van der Waals surface area contributed by atoms with Crippen LogP contribution in [-0.2, 0) is 4.79 Å². The van der Waals surface area contributed by atoms with Crippen LogP contribution in [0.25, 0.3) is 0 Å². The van der Waals surface area contributed by atoms with Crippen molar-refractivity contribution in [3.63, 3.8) is 0 Å². The molecule has 2 saturated carbocycles. The SMILES string of the molecule is NC1(CC(=O)C2CC2)CCCCC1. The van der Waals surface area contributed by atoms with Crippen molar-refractivity contribution in [2.45, 2.75) is 56.9 Å². The molecule has 0 atom stereocenters. The molecule has 2 aliphatic carbocycles. The molecule has 0 unspecified atom stereocenters. The summed E-state index contributed by atoms with van der Waals surface area (Å²) in [6, 6.07) is 0. The minimum absolute atomic E-state index is 0.127. The van der Waals surface area contributed by atoms with Crippen LogP contribution in [0.5, 0.6) is 0 Å². The van der Waals surface area contributed by atoms with Gasteiger partial charge in [-0.3, -0.25) is 4.79 Å². The highest BCUT2D eigenvalue weighted by atomic mass is 16.1. The first-order valence-corrected chi connectivity index (χ1v) is 5.51. The summed E-state index contributed by atoms with van der Waals surface area (Å²) in [6.07, 6.45) is 8.75. The predicted molar refractivity (Wildman–Crippen MR) is 52.4 cm³/mol. The van der Waals surface area contributed by atoms with Crippen molar-refractivity contribution < 1.29 is 4.79 Å².